The van der Waals surface area contributed by atoms with Crippen molar-refractivity contribution in [2.24, 2.45) is 7.05 Å². The molecule has 0 bridgehead atoms. The van der Waals surface area contributed by atoms with Crippen molar-refractivity contribution in [2.45, 2.75) is 6.04 Å². The molecule has 0 spiro atoms. The molecule has 29 heavy (non-hydrogen) atoms. The first-order valence-corrected chi connectivity index (χ1v) is 9.02. The number of ketones is 1. The monoisotopic (exact) mass is 394 g/mol. The number of nitrogens with one attached hydrogen (secondary N) is 1. The van der Waals surface area contributed by atoms with Crippen LogP contribution in [0.2, 0.25) is 0 Å². The summed E-state index contributed by atoms with van der Waals surface area (Å²) in [5.41, 5.74) is 3.14. The van der Waals surface area contributed by atoms with E-state index in [9.17, 15) is 14.4 Å². The Morgan fingerprint density at radius 1 is 1.14 bits per heavy atom. The third kappa shape index (κ3) is 4.02. The zero-order chi connectivity index (χ0) is 21.1. The second-order valence-electron chi connectivity index (χ2n) is 6.71. The van der Waals surface area contributed by atoms with Crippen LogP contribution in [0.3, 0.4) is 0 Å². The van der Waals surface area contributed by atoms with Crippen molar-refractivity contribution in [2.75, 3.05) is 20.7 Å². The quantitative estimate of drug-likeness (QED) is 0.607. The van der Waals surface area contributed by atoms with Crippen LogP contribution in [-0.4, -0.2) is 64.1 Å². The van der Waals surface area contributed by atoms with Gasteiger partial charge in [0, 0.05) is 38.3 Å². The lowest BCUT2D eigenvalue weighted by Crippen LogP contribution is -2.52. The highest BCUT2D eigenvalue weighted by molar-refractivity contribution is 6.10. The topological polar surface area (TPSA) is 105 Å². The van der Waals surface area contributed by atoms with E-state index < -0.39 is 30.2 Å². The second kappa shape index (κ2) is 8.24. The number of aliphatic hydroxyl groups excluding tert-OH is 1. The van der Waals surface area contributed by atoms with Crippen molar-refractivity contribution in [1.82, 2.24) is 20.0 Å². The Morgan fingerprint density at radius 3 is 2.41 bits per heavy atom. The number of aryl methyl sites for hydroxylation is 1. The first kappa shape index (κ1) is 20.2. The molecule has 3 aromatic rings. The molecular formula is C21H22N4O4. The van der Waals surface area contributed by atoms with Crippen molar-refractivity contribution in [3.8, 4) is 11.1 Å². The molecule has 2 N–H and O–H groups in total. The van der Waals surface area contributed by atoms with E-state index in [1.54, 1.807) is 28.9 Å². The van der Waals surface area contributed by atoms with Crippen molar-refractivity contribution in [1.29, 1.82) is 0 Å². The molecule has 0 fully saturated rings. The second-order valence-corrected chi connectivity index (χ2v) is 6.71. The number of fused-ring (bicyclic) bond motifs is 1. The van der Waals surface area contributed by atoms with Gasteiger partial charge in [-0.25, -0.2) is 0 Å². The van der Waals surface area contributed by atoms with Gasteiger partial charge in [0.05, 0.1) is 5.52 Å². The van der Waals surface area contributed by atoms with Crippen molar-refractivity contribution in [3.05, 3.63) is 54.2 Å². The number of hydrogen-bond acceptors (Lipinski definition) is 5. The molecule has 2 aromatic carbocycles. The summed E-state index contributed by atoms with van der Waals surface area (Å²) in [6.07, 6.45) is 1.93. The van der Waals surface area contributed by atoms with Gasteiger partial charge in [0.1, 0.15) is 6.61 Å². The van der Waals surface area contributed by atoms with Gasteiger partial charge in [-0.3, -0.25) is 19.1 Å². The Hall–Kier alpha value is -3.52. The molecule has 0 saturated heterocycles. The van der Waals surface area contributed by atoms with Gasteiger partial charge in [0.2, 0.25) is 5.91 Å². The van der Waals surface area contributed by atoms with Crippen LogP contribution in [0, 0.1) is 0 Å². The Bertz CT molecular complexity index is 1060. The minimum atomic E-state index is -1.38. The Balaban J connectivity index is 1.85. The predicted octanol–water partition coefficient (Wildman–Crippen LogP) is 0.988. The summed E-state index contributed by atoms with van der Waals surface area (Å²) >= 11 is 0. The zero-order valence-electron chi connectivity index (χ0n) is 16.4. The standard InChI is InChI=1S/C21H22N4O4/c1-22-20(28)19(18(27)12-26)25(3)21(29)14-6-4-13(5-7-14)15-8-9-17-16(10-15)11-24(2)23-17/h4-11,19,26H,12H2,1-3H3,(H,22,28). The molecule has 0 aliphatic rings. The molecule has 8 heteroatoms. The molecule has 2 amide bonds. The summed E-state index contributed by atoms with van der Waals surface area (Å²) in [5.74, 6) is -1.89. The van der Waals surface area contributed by atoms with Crippen LogP contribution in [0.25, 0.3) is 22.0 Å². The normalized spacial score (nSPS) is 11.9. The van der Waals surface area contributed by atoms with E-state index in [1.165, 1.54) is 14.1 Å². The smallest absolute Gasteiger partial charge is 0.254 e. The van der Waals surface area contributed by atoms with E-state index in [1.807, 2.05) is 31.4 Å². The van der Waals surface area contributed by atoms with Gasteiger partial charge in [-0.1, -0.05) is 18.2 Å². The molecule has 3 rings (SSSR count). The number of likely N-dealkylation sites (N-methyl/N-ethyl adjacent to an activating group) is 2. The van der Waals surface area contributed by atoms with Crippen LogP contribution in [0.5, 0.6) is 0 Å². The molecule has 1 atom stereocenters. The molecule has 0 aliphatic carbocycles. The van der Waals surface area contributed by atoms with Crippen LogP contribution in [0.1, 0.15) is 10.4 Å². The molecule has 1 unspecified atom stereocenters. The zero-order valence-corrected chi connectivity index (χ0v) is 16.4. The van der Waals surface area contributed by atoms with Crippen LogP contribution >= 0.6 is 0 Å². The molecule has 0 aliphatic heterocycles. The average Bonchev–Trinajstić information content (AvgIpc) is 3.12. The van der Waals surface area contributed by atoms with Gasteiger partial charge in [-0.2, -0.15) is 5.10 Å². The van der Waals surface area contributed by atoms with E-state index in [2.05, 4.69) is 10.4 Å². The molecule has 0 radical (unpaired) electrons. The number of carbonyl (C=O) groups is 3. The predicted molar refractivity (Wildman–Crippen MR) is 108 cm³/mol. The van der Waals surface area contributed by atoms with Crippen LogP contribution in [-0.2, 0) is 16.6 Å². The minimum Gasteiger partial charge on any atom is -0.388 e. The molecule has 1 heterocycles. The molecule has 150 valence electrons. The number of amides is 2. The first-order valence-electron chi connectivity index (χ1n) is 9.02. The SMILES string of the molecule is CNC(=O)C(C(=O)CO)N(C)C(=O)c1ccc(-c2ccc3nn(C)cc3c2)cc1. The number of nitrogens with zero attached hydrogens (tertiary/aromatic N) is 3. The molecule has 1 aromatic heterocycles. The van der Waals surface area contributed by atoms with Gasteiger partial charge in [-0.05, 0) is 35.4 Å². The lowest BCUT2D eigenvalue weighted by atomic mass is 10.0. The van der Waals surface area contributed by atoms with Gasteiger partial charge in [0.15, 0.2) is 11.8 Å². The first-order chi connectivity index (χ1) is 13.8. The Morgan fingerprint density at radius 2 is 1.79 bits per heavy atom. The van der Waals surface area contributed by atoms with E-state index in [0.717, 1.165) is 26.9 Å². The summed E-state index contributed by atoms with van der Waals surface area (Å²) in [7, 11) is 4.59. The molecule has 0 saturated carbocycles. The minimum absolute atomic E-state index is 0.332. The number of hydrogen-bond donors (Lipinski definition) is 2. The van der Waals surface area contributed by atoms with Gasteiger partial charge >= 0.3 is 0 Å². The largest absolute Gasteiger partial charge is 0.388 e. The number of aliphatic hydroxyl groups is 1. The van der Waals surface area contributed by atoms with E-state index in [0.29, 0.717) is 5.56 Å². The number of aromatic nitrogens is 2. The third-order valence-electron chi connectivity index (χ3n) is 4.75. The van der Waals surface area contributed by atoms with Crippen LogP contribution < -0.4 is 5.32 Å². The molecular weight excluding hydrogens is 372 g/mol. The van der Waals surface area contributed by atoms with Crippen molar-refractivity contribution in [3.63, 3.8) is 0 Å². The fourth-order valence-corrected chi connectivity index (χ4v) is 3.22. The average molecular weight is 394 g/mol. The summed E-state index contributed by atoms with van der Waals surface area (Å²) in [5, 5.41) is 16.8. The number of Topliss-reactive ketones (excluding diaryl/α,β-unsaturated/α-hetero) is 1. The van der Waals surface area contributed by atoms with E-state index in [-0.39, 0.29) is 0 Å². The van der Waals surface area contributed by atoms with Crippen LogP contribution in [0.4, 0.5) is 0 Å². The number of benzene rings is 2. The Kier molecular flexibility index (Phi) is 5.74. The van der Waals surface area contributed by atoms with Gasteiger partial charge < -0.3 is 15.3 Å². The maximum atomic E-state index is 12.8. The maximum absolute atomic E-state index is 12.8. The summed E-state index contributed by atoms with van der Waals surface area (Å²) in [4.78, 5) is 37.7. The fraction of sp³-hybridized carbons (Fsp3) is 0.238. The van der Waals surface area contributed by atoms with Gasteiger partial charge in [-0.15, -0.1) is 0 Å². The van der Waals surface area contributed by atoms with E-state index >= 15 is 0 Å². The van der Waals surface area contributed by atoms with E-state index in [4.69, 9.17) is 5.11 Å². The highest BCUT2D eigenvalue weighted by Crippen LogP contribution is 2.24. The Labute approximate surface area is 167 Å². The maximum Gasteiger partial charge on any atom is 0.254 e. The highest BCUT2D eigenvalue weighted by atomic mass is 16.3. The summed E-state index contributed by atoms with van der Waals surface area (Å²) in [6, 6.07) is 11.4. The summed E-state index contributed by atoms with van der Waals surface area (Å²) < 4.78 is 1.75. The van der Waals surface area contributed by atoms with Gasteiger partial charge in [0.25, 0.3) is 5.91 Å². The van der Waals surface area contributed by atoms with Crippen LogP contribution in [0.15, 0.2) is 48.7 Å². The number of rotatable bonds is 6. The molecule has 8 nitrogen and oxygen atoms in total. The fourth-order valence-electron chi connectivity index (χ4n) is 3.22. The summed E-state index contributed by atoms with van der Waals surface area (Å²) in [6.45, 7) is -0.828. The number of carbonyl (C=O) groups excluding carboxylic acids is 3. The highest BCUT2D eigenvalue weighted by Gasteiger charge is 2.32. The lowest BCUT2D eigenvalue weighted by Gasteiger charge is -2.25. The van der Waals surface area contributed by atoms with Crippen molar-refractivity contribution < 1.29 is 19.5 Å². The third-order valence-corrected chi connectivity index (χ3v) is 4.75. The van der Waals surface area contributed by atoms with Crippen molar-refractivity contribution >= 4 is 28.5 Å². The lowest BCUT2D eigenvalue weighted by molar-refractivity contribution is -0.135.